The fourth-order valence-corrected chi connectivity index (χ4v) is 4.40. The second-order valence-corrected chi connectivity index (χ2v) is 8.33. The van der Waals surface area contributed by atoms with Gasteiger partial charge in [0.2, 0.25) is 5.88 Å². The van der Waals surface area contributed by atoms with Gasteiger partial charge in [0, 0.05) is 60.4 Å². The summed E-state index contributed by atoms with van der Waals surface area (Å²) < 4.78 is 7.62. The number of aliphatic hydroxyl groups excluding tert-OH is 1. The third-order valence-electron chi connectivity index (χ3n) is 6.08. The van der Waals surface area contributed by atoms with Crippen molar-refractivity contribution in [3.8, 4) is 17.1 Å². The lowest BCUT2D eigenvalue weighted by molar-refractivity contribution is 0.198. The van der Waals surface area contributed by atoms with Crippen LogP contribution in [0.4, 0.5) is 17.2 Å². The summed E-state index contributed by atoms with van der Waals surface area (Å²) in [5, 5.41) is 13.2. The molecule has 32 heavy (non-hydrogen) atoms. The number of aliphatic hydroxyl groups is 1. The van der Waals surface area contributed by atoms with Crippen molar-refractivity contribution in [2.24, 2.45) is 0 Å². The summed E-state index contributed by atoms with van der Waals surface area (Å²) in [4.78, 5) is 16.1. The third kappa shape index (κ3) is 3.52. The van der Waals surface area contributed by atoms with Crippen molar-refractivity contribution >= 4 is 22.8 Å². The number of hydrogen-bond donors (Lipinski definition) is 2. The van der Waals surface area contributed by atoms with Gasteiger partial charge in [0.1, 0.15) is 0 Å². The molecule has 6 rings (SSSR count). The minimum Gasteiger partial charge on any atom is -0.477 e. The number of aryl methyl sites for hydroxylation is 1. The highest BCUT2D eigenvalue weighted by atomic mass is 16.5. The van der Waals surface area contributed by atoms with E-state index in [0.717, 1.165) is 72.1 Å². The first-order chi connectivity index (χ1) is 15.7. The summed E-state index contributed by atoms with van der Waals surface area (Å²) in [6.07, 6.45) is 10.0. The molecule has 4 aromatic rings. The number of β-amino-alcohol motifs (C(OH)–C–C–N with tert-alkyl or cyclic N) is 1. The molecule has 8 heteroatoms. The molecule has 0 unspecified atom stereocenters. The molecule has 1 fully saturated rings. The van der Waals surface area contributed by atoms with Crippen LogP contribution in [0.2, 0.25) is 0 Å². The number of anilines is 3. The van der Waals surface area contributed by atoms with E-state index in [0.29, 0.717) is 12.4 Å². The average Bonchev–Trinajstić information content (AvgIpc) is 3.48. The smallest absolute Gasteiger partial charge is 0.216 e. The maximum Gasteiger partial charge on any atom is 0.216 e. The van der Waals surface area contributed by atoms with E-state index in [9.17, 15) is 5.11 Å². The quantitative estimate of drug-likeness (QED) is 0.515. The number of nitrogens with one attached hydrogen (secondary N) is 1. The Labute approximate surface area is 185 Å². The van der Waals surface area contributed by atoms with E-state index in [-0.39, 0.29) is 6.10 Å². The Bertz CT molecular complexity index is 1270. The lowest BCUT2D eigenvalue weighted by atomic mass is 10.1. The van der Waals surface area contributed by atoms with Gasteiger partial charge in [0.15, 0.2) is 11.5 Å². The average molecular weight is 428 g/mol. The molecule has 3 aromatic heterocycles. The second-order valence-electron chi connectivity index (χ2n) is 8.33. The summed E-state index contributed by atoms with van der Waals surface area (Å²) in [5.74, 6) is 1.42. The number of nitrogens with zero attached hydrogens (tertiary/aromatic N) is 5. The number of benzene rings is 1. The summed E-state index contributed by atoms with van der Waals surface area (Å²) in [6, 6.07) is 10.3. The monoisotopic (exact) mass is 428 g/mol. The first-order valence-corrected chi connectivity index (χ1v) is 11.0. The van der Waals surface area contributed by atoms with Gasteiger partial charge in [-0.05, 0) is 49.6 Å². The van der Waals surface area contributed by atoms with Crippen LogP contribution in [0.15, 0.2) is 55.1 Å². The van der Waals surface area contributed by atoms with Crippen molar-refractivity contribution in [3.63, 3.8) is 0 Å². The minimum absolute atomic E-state index is 0.238. The van der Waals surface area contributed by atoms with E-state index in [4.69, 9.17) is 9.72 Å². The molecule has 0 saturated carbocycles. The van der Waals surface area contributed by atoms with E-state index < -0.39 is 0 Å². The van der Waals surface area contributed by atoms with Crippen LogP contribution in [0.1, 0.15) is 18.4 Å². The zero-order valence-electron chi connectivity index (χ0n) is 17.6. The predicted octanol–water partition coefficient (Wildman–Crippen LogP) is 3.43. The Morgan fingerprint density at radius 1 is 1.16 bits per heavy atom. The van der Waals surface area contributed by atoms with Crippen LogP contribution in [-0.2, 0) is 6.42 Å². The number of imidazole rings is 1. The van der Waals surface area contributed by atoms with Crippen molar-refractivity contribution in [3.05, 3.63) is 60.7 Å². The van der Waals surface area contributed by atoms with Crippen LogP contribution in [0.3, 0.4) is 0 Å². The molecule has 1 atom stereocenters. The van der Waals surface area contributed by atoms with Gasteiger partial charge in [-0.15, -0.1) is 0 Å². The van der Waals surface area contributed by atoms with E-state index >= 15 is 0 Å². The zero-order valence-corrected chi connectivity index (χ0v) is 17.6. The van der Waals surface area contributed by atoms with Gasteiger partial charge in [-0.2, -0.15) is 0 Å². The van der Waals surface area contributed by atoms with Gasteiger partial charge in [-0.3, -0.25) is 0 Å². The minimum atomic E-state index is -0.238. The summed E-state index contributed by atoms with van der Waals surface area (Å²) in [5.41, 5.74) is 5.70. The topological polar surface area (TPSA) is 87.8 Å². The molecule has 0 bridgehead atoms. The normalized spacial score (nSPS) is 17.9. The maximum absolute atomic E-state index is 9.79. The molecule has 0 aliphatic carbocycles. The largest absolute Gasteiger partial charge is 0.477 e. The number of pyridine rings is 1. The van der Waals surface area contributed by atoms with Crippen LogP contribution >= 0.6 is 0 Å². The van der Waals surface area contributed by atoms with Gasteiger partial charge in [0.05, 0.1) is 18.4 Å². The molecule has 1 saturated heterocycles. The molecular weight excluding hydrogens is 404 g/mol. The van der Waals surface area contributed by atoms with E-state index in [1.54, 1.807) is 6.20 Å². The van der Waals surface area contributed by atoms with Gasteiger partial charge < -0.3 is 24.5 Å². The van der Waals surface area contributed by atoms with Crippen molar-refractivity contribution < 1.29 is 9.84 Å². The molecule has 162 valence electrons. The maximum atomic E-state index is 9.79. The van der Waals surface area contributed by atoms with Crippen LogP contribution in [0, 0.1) is 0 Å². The standard InChI is InChI=1S/C24H24N6O2/c31-20-7-9-29(14-20)19-5-3-18(4-6-19)27-22-23-25-8-10-30(23)15-21(28-22)17-12-16-2-1-11-32-24(16)26-13-17/h3-6,8,10,12-13,15,20,31H,1-2,7,9,11,14H2,(H,27,28)/t20-/m0/s1. The number of hydrogen-bond acceptors (Lipinski definition) is 7. The van der Waals surface area contributed by atoms with Crippen LogP contribution in [0.5, 0.6) is 5.88 Å². The highest BCUT2D eigenvalue weighted by molar-refractivity contribution is 5.74. The molecular formula is C24H24N6O2. The van der Waals surface area contributed by atoms with Gasteiger partial charge in [-0.25, -0.2) is 15.0 Å². The number of aromatic nitrogens is 4. The van der Waals surface area contributed by atoms with E-state index in [1.165, 1.54) is 0 Å². The SMILES string of the molecule is O[C@H]1CCN(c2ccc(Nc3nc(-c4cnc5c(c4)CCCO5)cn4ccnc34)cc2)C1. The molecule has 0 radical (unpaired) electrons. The highest BCUT2D eigenvalue weighted by Gasteiger charge is 2.20. The Balaban J connectivity index is 1.31. The molecule has 1 aromatic carbocycles. The Kier molecular flexibility index (Phi) is 4.65. The summed E-state index contributed by atoms with van der Waals surface area (Å²) in [7, 11) is 0. The Morgan fingerprint density at radius 2 is 2.06 bits per heavy atom. The van der Waals surface area contributed by atoms with Crippen LogP contribution in [-0.4, -0.2) is 50.3 Å². The second kappa shape index (κ2) is 7.80. The Hall–Kier alpha value is -3.65. The third-order valence-corrected chi connectivity index (χ3v) is 6.08. The van der Waals surface area contributed by atoms with Crippen molar-refractivity contribution in [2.75, 3.05) is 29.9 Å². The van der Waals surface area contributed by atoms with E-state index in [2.05, 4.69) is 38.4 Å². The molecule has 2 aliphatic heterocycles. The molecule has 0 amide bonds. The summed E-state index contributed by atoms with van der Waals surface area (Å²) in [6.45, 7) is 2.29. The lowest BCUT2D eigenvalue weighted by Gasteiger charge is -2.18. The molecule has 8 nitrogen and oxygen atoms in total. The van der Waals surface area contributed by atoms with Crippen LogP contribution < -0.4 is 15.0 Å². The van der Waals surface area contributed by atoms with Crippen molar-refractivity contribution in [2.45, 2.75) is 25.4 Å². The number of ether oxygens (including phenoxy) is 1. The fraction of sp³-hybridized carbons (Fsp3) is 0.292. The van der Waals surface area contributed by atoms with Gasteiger partial charge >= 0.3 is 0 Å². The van der Waals surface area contributed by atoms with Gasteiger partial charge in [0.25, 0.3) is 0 Å². The number of fused-ring (bicyclic) bond motifs is 2. The first kappa shape index (κ1) is 19.1. The molecule has 5 heterocycles. The summed E-state index contributed by atoms with van der Waals surface area (Å²) >= 11 is 0. The van der Waals surface area contributed by atoms with E-state index in [1.807, 2.05) is 35.1 Å². The van der Waals surface area contributed by atoms with Crippen LogP contribution in [0.25, 0.3) is 16.9 Å². The lowest BCUT2D eigenvalue weighted by Crippen LogP contribution is -2.20. The number of rotatable bonds is 4. The zero-order chi connectivity index (χ0) is 21.5. The molecule has 2 aliphatic rings. The first-order valence-electron chi connectivity index (χ1n) is 11.0. The molecule has 0 spiro atoms. The molecule has 2 N–H and O–H groups in total. The predicted molar refractivity (Wildman–Crippen MR) is 123 cm³/mol. The fourth-order valence-electron chi connectivity index (χ4n) is 4.40. The van der Waals surface area contributed by atoms with Crippen molar-refractivity contribution in [1.82, 2.24) is 19.4 Å². The Morgan fingerprint density at radius 3 is 2.91 bits per heavy atom. The van der Waals surface area contributed by atoms with Crippen molar-refractivity contribution in [1.29, 1.82) is 0 Å². The van der Waals surface area contributed by atoms with Gasteiger partial charge in [-0.1, -0.05) is 0 Å². The highest BCUT2D eigenvalue weighted by Crippen LogP contribution is 2.30.